The number of methoxy groups -OCH3 is 1. The van der Waals surface area contributed by atoms with Gasteiger partial charge in [-0.15, -0.1) is 0 Å². The lowest BCUT2D eigenvalue weighted by Crippen LogP contribution is -2.45. The van der Waals surface area contributed by atoms with Gasteiger partial charge >= 0.3 is 5.97 Å². The molecular formula is C35H44N2O4. The van der Waals surface area contributed by atoms with E-state index in [1.165, 1.54) is 5.56 Å². The van der Waals surface area contributed by atoms with Gasteiger partial charge in [-0.25, -0.2) is 0 Å². The molecule has 41 heavy (non-hydrogen) atoms. The Morgan fingerprint density at radius 1 is 0.951 bits per heavy atom. The van der Waals surface area contributed by atoms with E-state index in [4.69, 9.17) is 9.47 Å². The molecule has 1 amide bonds. The molecule has 1 N–H and O–H groups in total. The Morgan fingerprint density at radius 3 is 2.32 bits per heavy atom. The van der Waals surface area contributed by atoms with Gasteiger partial charge in [0.05, 0.1) is 20.1 Å². The second kappa shape index (κ2) is 14.8. The van der Waals surface area contributed by atoms with Crippen molar-refractivity contribution in [1.82, 2.24) is 10.2 Å². The Labute approximate surface area is 245 Å². The zero-order valence-corrected chi connectivity index (χ0v) is 24.7. The Bertz CT molecular complexity index is 1250. The standard InChI is InChI=1S/C35H44N2O4/c1-4-25-41-33(38)26-35(2,28-11-6-5-7-12-28)21-10-22-37-23-19-29(20-24-37)36-34(39)32-14-9-8-13-31(32)27-15-17-30(40-3)18-16-27/h5-9,11-18,29H,4,10,19-26H2,1-3H3,(H,36,39). The van der Waals surface area contributed by atoms with Crippen molar-refractivity contribution in [3.63, 3.8) is 0 Å². The zero-order chi connectivity index (χ0) is 29.1. The van der Waals surface area contributed by atoms with Gasteiger partial charge in [0, 0.05) is 30.1 Å². The van der Waals surface area contributed by atoms with Crippen molar-refractivity contribution in [2.45, 2.75) is 63.8 Å². The molecular weight excluding hydrogens is 512 g/mol. The van der Waals surface area contributed by atoms with Crippen molar-refractivity contribution in [2.75, 3.05) is 33.4 Å². The zero-order valence-electron chi connectivity index (χ0n) is 24.7. The number of nitrogens with one attached hydrogen (secondary N) is 1. The van der Waals surface area contributed by atoms with Crippen molar-refractivity contribution in [3.8, 4) is 16.9 Å². The minimum absolute atomic E-state index is 0.0246. The van der Waals surface area contributed by atoms with Gasteiger partial charge in [-0.1, -0.05) is 74.5 Å². The lowest BCUT2D eigenvalue weighted by Gasteiger charge is -2.34. The summed E-state index contributed by atoms with van der Waals surface area (Å²) >= 11 is 0. The van der Waals surface area contributed by atoms with Gasteiger partial charge in [-0.05, 0) is 73.5 Å². The summed E-state index contributed by atoms with van der Waals surface area (Å²) in [6, 6.07) is 26.1. The van der Waals surface area contributed by atoms with E-state index in [1.807, 2.05) is 73.7 Å². The highest BCUT2D eigenvalue weighted by Crippen LogP contribution is 2.33. The van der Waals surface area contributed by atoms with E-state index in [2.05, 4.69) is 29.3 Å². The molecule has 0 aromatic heterocycles. The van der Waals surface area contributed by atoms with Gasteiger partial charge in [0.15, 0.2) is 0 Å². The van der Waals surface area contributed by atoms with Crippen LogP contribution in [0.2, 0.25) is 0 Å². The maximum Gasteiger partial charge on any atom is 0.306 e. The molecule has 3 aromatic rings. The first-order chi connectivity index (χ1) is 19.9. The first-order valence-electron chi connectivity index (χ1n) is 14.9. The first-order valence-corrected chi connectivity index (χ1v) is 14.9. The lowest BCUT2D eigenvalue weighted by molar-refractivity contribution is -0.145. The molecule has 6 heteroatoms. The van der Waals surface area contributed by atoms with Gasteiger partial charge in [0.25, 0.3) is 5.91 Å². The van der Waals surface area contributed by atoms with Gasteiger partial charge in [-0.3, -0.25) is 9.59 Å². The van der Waals surface area contributed by atoms with Crippen LogP contribution >= 0.6 is 0 Å². The number of ether oxygens (including phenoxy) is 2. The predicted molar refractivity (Wildman–Crippen MR) is 164 cm³/mol. The Balaban J connectivity index is 1.28. The number of rotatable bonds is 13. The second-order valence-electron chi connectivity index (χ2n) is 11.3. The number of hydrogen-bond acceptors (Lipinski definition) is 5. The van der Waals surface area contributed by atoms with E-state index < -0.39 is 0 Å². The summed E-state index contributed by atoms with van der Waals surface area (Å²) in [4.78, 5) is 28.3. The predicted octanol–water partition coefficient (Wildman–Crippen LogP) is 6.64. The summed E-state index contributed by atoms with van der Waals surface area (Å²) in [6.45, 7) is 7.55. The maximum absolute atomic E-state index is 13.3. The molecule has 0 radical (unpaired) electrons. The number of carbonyl (C=O) groups is 2. The molecule has 1 fully saturated rings. The van der Waals surface area contributed by atoms with Crippen LogP contribution in [-0.2, 0) is 14.9 Å². The number of amides is 1. The van der Waals surface area contributed by atoms with Crippen molar-refractivity contribution in [2.24, 2.45) is 0 Å². The van der Waals surface area contributed by atoms with E-state index in [0.29, 0.717) is 18.6 Å². The number of benzene rings is 3. The fourth-order valence-corrected chi connectivity index (χ4v) is 5.72. The van der Waals surface area contributed by atoms with Crippen molar-refractivity contribution < 1.29 is 19.1 Å². The average molecular weight is 557 g/mol. The third-order valence-corrected chi connectivity index (χ3v) is 8.17. The van der Waals surface area contributed by atoms with Crippen LogP contribution in [0.1, 0.15) is 68.3 Å². The minimum Gasteiger partial charge on any atom is -0.497 e. The second-order valence-corrected chi connectivity index (χ2v) is 11.3. The molecule has 3 aromatic carbocycles. The number of esters is 1. The highest BCUT2D eigenvalue weighted by atomic mass is 16.5. The summed E-state index contributed by atoms with van der Waals surface area (Å²) < 4.78 is 10.7. The molecule has 0 bridgehead atoms. The van der Waals surface area contributed by atoms with Gasteiger partial charge in [0.2, 0.25) is 0 Å². The smallest absolute Gasteiger partial charge is 0.306 e. The molecule has 1 saturated heterocycles. The van der Waals surface area contributed by atoms with Gasteiger partial charge < -0.3 is 19.7 Å². The molecule has 0 spiro atoms. The third-order valence-electron chi connectivity index (χ3n) is 8.17. The quantitative estimate of drug-likeness (QED) is 0.239. The van der Waals surface area contributed by atoms with E-state index in [-0.39, 0.29) is 23.3 Å². The topological polar surface area (TPSA) is 67.9 Å². The molecule has 218 valence electrons. The Hall–Kier alpha value is -3.64. The maximum atomic E-state index is 13.3. The van der Waals surface area contributed by atoms with Crippen LogP contribution in [0.3, 0.4) is 0 Å². The van der Waals surface area contributed by atoms with Gasteiger partial charge in [-0.2, -0.15) is 0 Å². The first kappa shape index (κ1) is 30.3. The number of likely N-dealkylation sites (tertiary alicyclic amines) is 1. The minimum atomic E-state index is -0.254. The molecule has 1 aliphatic rings. The van der Waals surface area contributed by atoms with Crippen LogP contribution < -0.4 is 10.1 Å². The summed E-state index contributed by atoms with van der Waals surface area (Å²) in [5.41, 5.74) is 3.54. The van der Waals surface area contributed by atoms with E-state index in [1.54, 1.807) is 7.11 Å². The van der Waals surface area contributed by atoms with Crippen LogP contribution in [0.5, 0.6) is 5.75 Å². The van der Waals surface area contributed by atoms with Gasteiger partial charge in [0.1, 0.15) is 5.75 Å². The molecule has 0 aliphatic carbocycles. The number of carbonyl (C=O) groups excluding carboxylic acids is 2. The molecule has 1 heterocycles. The fraction of sp³-hybridized carbons (Fsp3) is 0.429. The van der Waals surface area contributed by atoms with Crippen molar-refractivity contribution in [3.05, 3.63) is 90.0 Å². The van der Waals surface area contributed by atoms with E-state index in [0.717, 1.165) is 68.6 Å². The van der Waals surface area contributed by atoms with Crippen molar-refractivity contribution >= 4 is 11.9 Å². The number of nitrogens with zero attached hydrogens (tertiary/aromatic N) is 1. The lowest BCUT2D eigenvalue weighted by atomic mass is 9.76. The Kier molecular flexibility index (Phi) is 11.0. The van der Waals surface area contributed by atoms with Crippen LogP contribution in [0.25, 0.3) is 11.1 Å². The SMILES string of the molecule is CCCOC(=O)CC(C)(CCCN1CCC(NC(=O)c2ccccc2-c2ccc(OC)cc2)CC1)c1ccccc1. The number of hydrogen-bond donors (Lipinski definition) is 1. The van der Waals surface area contributed by atoms with Crippen molar-refractivity contribution in [1.29, 1.82) is 0 Å². The normalized spacial score (nSPS) is 15.6. The molecule has 1 atom stereocenters. The number of piperidine rings is 1. The summed E-state index contributed by atoms with van der Waals surface area (Å²) in [6.07, 6.45) is 4.99. The monoisotopic (exact) mass is 556 g/mol. The van der Waals surface area contributed by atoms with E-state index in [9.17, 15) is 9.59 Å². The summed E-state index contributed by atoms with van der Waals surface area (Å²) in [7, 11) is 1.65. The highest BCUT2D eigenvalue weighted by Gasteiger charge is 2.30. The molecule has 4 rings (SSSR count). The summed E-state index contributed by atoms with van der Waals surface area (Å²) in [5, 5.41) is 3.29. The average Bonchev–Trinajstić information content (AvgIpc) is 3.01. The van der Waals surface area contributed by atoms with Crippen LogP contribution in [-0.4, -0.2) is 56.2 Å². The Morgan fingerprint density at radius 2 is 1.63 bits per heavy atom. The largest absolute Gasteiger partial charge is 0.497 e. The third kappa shape index (κ3) is 8.43. The molecule has 1 unspecified atom stereocenters. The molecule has 1 aliphatic heterocycles. The highest BCUT2D eigenvalue weighted by molar-refractivity contribution is 6.01. The van der Waals surface area contributed by atoms with Crippen LogP contribution in [0, 0.1) is 0 Å². The summed E-state index contributed by atoms with van der Waals surface area (Å²) in [5.74, 6) is 0.647. The molecule has 0 saturated carbocycles. The fourth-order valence-electron chi connectivity index (χ4n) is 5.72. The van der Waals surface area contributed by atoms with Crippen LogP contribution in [0.4, 0.5) is 0 Å². The van der Waals surface area contributed by atoms with E-state index >= 15 is 0 Å². The van der Waals surface area contributed by atoms with Crippen LogP contribution in [0.15, 0.2) is 78.9 Å². The molecule has 6 nitrogen and oxygen atoms in total.